The first kappa shape index (κ1) is 11.3. The Morgan fingerprint density at radius 2 is 1.85 bits per heavy atom. The van der Waals surface area contributed by atoms with Crippen molar-refractivity contribution < 1.29 is 0 Å². The van der Waals surface area contributed by atoms with Gasteiger partial charge in [0, 0.05) is 11.8 Å². The number of thiophene rings is 1. The maximum Gasteiger partial charge on any atom is 0.159 e. The van der Waals surface area contributed by atoms with Gasteiger partial charge in [0.25, 0.3) is 0 Å². The third-order valence-electron chi connectivity index (χ3n) is 3.12. The molecule has 0 aliphatic rings. The second-order valence-corrected chi connectivity index (χ2v) is 5.28. The van der Waals surface area contributed by atoms with Gasteiger partial charge in [-0.1, -0.05) is 30.3 Å². The molecule has 0 radical (unpaired) electrons. The van der Waals surface area contributed by atoms with Crippen molar-refractivity contribution in [1.29, 1.82) is 0 Å². The normalized spacial score (nSPS) is 11.0. The fourth-order valence-corrected chi connectivity index (χ4v) is 2.99. The summed E-state index contributed by atoms with van der Waals surface area (Å²) in [7, 11) is 0. The predicted molar refractivity (Wildman–Crippen MR) is 80.0 cm³/mol. The Bertz CT molecular complexity index is 864. The maximum absolute atomic E-state index is 4.46. The van der Waals surface area contributed by atoms with Crippen molar-refractivity contribution >= 4 is 21.6 Å². The molecule has 0 bridgehead atoms. The zero-order valence-electron chi connectivity index (χ0n) is 10.5. The van der Waals surface area contributed by atoms with E-state index in [0.29, 0.717) is 0 Å². The highest BCUT2D eigenvalue weighted by Gasteiger charge is 2.09. The number of aromatic nitrogens is 4. The zero-order chi connectivity index (χ0) is 13.4. The fraction of sp³-hybridized carbons (Fsp3) is 0. The molecule has 4 aromatic rings. The molecule has 0 aliphatic carbocycles. The summed E-state index contributed by atoms with van der Waals surface area (Å²) in [4.78, 5) is 13.1. The van der Waals surface area contributed by atoms with E-state index in [2.05, 4.69) is 15.0 Å². The summed E-state index contributed by atoms with van der Waals surface area (Å²) in [6.45, 7) is 0. The lowest BCUT2D eigenvalue weighted by atomic mass is 10.2. The Kier molecular flexibility index (Phi) is 2.57. The van der Waals surface area contributed by atoms with Gasteiger partial charge in [-0.15, -0.1) is 11.3 Å². The summed E-state index contributed by atoms with van der Waals surface area (Å²) in [5, 5.41) is 2.03. The summed E-state index contributed by atoms with van der Waals surface area (Å²) < 4.78 is 3.02. The quantitative estimate of drug-likeness (QED) is 0.563. The van der Waals surface area contributed by atoms with Gasteiger partial charge in [0.15, 0.2) is 5.82 Å². The van der Waals surface area contributed by atoms with Crippen molar-refractivity contribution in [3.8, 4) is 17.1 Å². The Morgan fingerprint density at radius 1 is 0.950 bits per heavy atom. The maximum atomic E-state index is 4.46. The number of benzene rings is 1. The van der Waals surface area contributed by atoms with Crippen molar-refractivity contribution in [1.82, 2.24) is 19.5 Å². The Morgan fingerprint density at radius 3 is 2.75 bits per heavy atom. The van der Waals surface area contributed by atoms with Crippen molar-refractivity contribution in [2.75, 3.05) is 0 Å². The van der Waals surface area contributed by atoms with E-state index >= 15 is 0 Å². The molecule has 0 atom stereocenters. The highest BCUT2D eigenvalue weighted by atomic mass is 32.1. The van der Waals surface area contributed by atoms with Gasteiger partial charge in [-0.3, -0.25) is 4.57 Å². The average molecular weight is 278 g/mol. The lowest BCUT2D eigenvalue weighted by molar-refractivity contribution is 0.996. The first-order valence-corrected chi connectivity index (χ1v) is 7.08. The standard InChI is InChI=1S/C15H10N4S/c1-2-4-11(5-3-1)13-8-19(10-18-13)15-14-12(6-7-20-14)16-9-17-15/h1-10H. The van der Waals surface area contributed by atoms with Crippen LogP contribution in [-0.4, -0.2) is 19.5 Å². The van der Waals surface area contributed by atoms with Gasteiger partial charge in [0.1, 0.15) is 12.7 Å². The minimum atomic E-state index is 0.875. The van der Waals surface area contributed by atoms with Crippen LogP contribution in [0.1, 0.15) is 0 Å². The second kappa shape index (κ2) is 4.54. The van der Waals surface area contributed by atoms with Crippen molar-refractivity contribution in [2.24, 2.45) is 0 Å². The van der Waals surface area contributed by atoms with E-state index in [1.807, 2.05) is 52.5 Å². The van der Waals surface area contributed by atoms with Gasteiger partial charge in [0.2, 0.25) is 0 Å². The van der Waals surface area contributed by atoms with Crippen LogP contribution < -0.4 is 0 Å². The predicted octanol–water partition coefficient (Wildman–Crippen LogP) is 3.54. The first-order chi connectivity index (χ1) is 9.92. The molecule has 4 rings (SSSR count). The van der Waals surface area contributed by atoms with E-state index in [4.69, 9.17) is 0 Å². The van der Waals surface area contributed by atoms with E-state index in [1.54, 1.807) is 24.0 Å². The van der Waals surface area contributed by atoms with E-state index in [9.17, 15) is 0 Å². The molecule has 0 fully saturated rings. The third kappa shape index (κ3) is 1.80. The molecule has 5 heteroatoms. The molecule has 0 unspecified atom stereocenters. The van der Waals surface area contributed by atoms with Gasteiger partial charge in [-0.25, -0.2) is 15.0 Å². The molecule has 3 heterocycles. The van der Waals surface area contributed by atoms with E-state index in [-0.39, 0.29) is 0 Å². The Hall–Kier alpha value is -2.53. The van der Waals surface area contributed by atoms with Crippen LogP contribution in [-0.2, 0) is 0 Å². The van der Waals surface area contributed by atoms with E-state index in [0.717, 1.165) is 27.3 Å². The first-order valence-electron chi connectivity index (χ1n) is 6.20. The zero-order valence-corrected chi connectivity index (χ0v) is 11.3. The summed E-state index contributed by atoms with van der Waals surface area (Å²) in [6.07, 6.45) is 5.38. The summed E-state index contributed by atoms with van der Waals surface area (Å²) in [5.74, 6) is 0.875. The number of fused-ring (bicyclic) bond motifs is 1. The average Bonchev–Trinajstić information content (AvgIpc) is 3.17. The number of rotatable bonds is 2. The summed E-state index contributed by atoms with van der Waals surface area (Å²) in [5.41, 5.74) is 3.01. The van der Waals surface area contributed by atoms with E-state index < -0.39 is 0 Å². The largest absolute Gasteiger partial charge is 0.289 e. The summed E-state index contributed by atoms with van der Waals surface area (Å²) in [6, 6.07) is 12.1. The van der Waals surface area contributed by atoms with Crippen molar-refractivity contribution in [2.45, 2.75) is 0 Å². The number of hydrogen-bond donors (Lipinski definition) is 0. The Balaban J connectivity index is 1.84. The number of nitrogens with zero attached hydrogens (tertiary/aromatic N) is 4. The minimum Gasteiger partial charge on any atom is -0.289 e. The number of hydrogen-bond acceptors (Lipinski definition) is 4. The third-order valence-corrected chi connectivity index (χ3v) is 4.02. The SMILES string of the molecule is c1ccc(-c2cn(-c3ncnc4ccsc34)cn2)cc1. The van der Waals surface area contributed by atoms with Crippen LogP contribution in [0.5, 0.6) is 0 Å². The van der Waals surface area contributed by atoms with Gasteiger partial charge < -0.3 is 0 Å². The van der Waals surface area contributed by atoms with Crippen LogP contribution >= 0.6 is 11.3 Å². The second-order valence-electron chi connectivity index (χ2n) is 4.36. The topological polar surface area (TPSA) is 43.6 Å². The molecule has 0 saturated carbocycles. The van der Waals surface area contributed by atoms with Gasteiger partial charge in [-0.05, 0) is 11.4 Å². The van der Waals surface area contributed by atoms with Crippen LogP contribution in [0.15, 0.2) is 60.6 Å². The lowest BCUT2D eigenvalue weighted by Crippen LogP contribution is -1.94. The molecular weight excluding hydrogens is 268 g/mol. The molecule has 0 saturated heterocycles. The molecule has 96 valence electrons. The molecular formula is C15H10N4S. The van der Waals surface area contributed by atoms with Crippen molar-refractivity contribution in [3.05, 3.63) is 60.6 Å². The van der Waals surface area contributed by atoms with Crippen LogP contribution in [0.4, 0.5) is 0 Å². The fourth-order valence-electron chi connectivity index (χ4n) is 2.16. The van der Waals surface area contributed by atoms with Crippen LogP contribution in [0, 0.1) is 0 Å². The van der Waals surface area contributed by atoms with Crippen LogP contribution in [0.2, 0.25) is 0 Å². The van der Waals surface area contributed by atoms with Crippen LogP contribution in [0.25, 0.3) is 27.3 Å². The minimum absolute atomic E-state index is 0.875. The Labute approximate surface area is 119 Å². The van der Waals surface area contributed by atoms with Gasteiger partial charge >= 0.3 is 0 Å². The highest BCUT2D eigenvalue weighted by molar-refractivity contribution is 7.17. The molecule has 0 amide bonds. The summed E-state index contributed by atoms with van der Waals surface area (Å²) >= 11 is 1.64. The molecule has 1 aromatic carbocycles. The number of imidazole rings is 1. The van der Waals surface area contributed by atoms with Gasteiger partial charge in [-0.2, -0.15) is 0 Å². The van der Waals surface area contributed by atoms with Gasteiger partial charge in [0.05, 0.1) is 15.9 Å². The molecule has 0 spiro atoms. The molecule has 0 aliphatic heterocycles. The lowest BCUT2D eigenvalue weighted by Gasteiger charge is -2.01. The molecule has 0 N–H and O–H groups in total. The monoisotopic (exact) mass is 278 g/mol. The smallest absolute Gasteiger partial charge is 0.159 e. The molecule has 20 heavy (non-hydrogen) atoms. The molecule has 3 aromatic heterocycles. The van der Waals surface area contributed by atoms with Crippen molar-refractivity contribution in [3.63, 3.8) is 0 Å². The van der Waals surface area contributed by atoms with Crippen LogP contribution in [0.3, 0.4) is 0 Å². The highest BCUT2D eigenvalue weighted by Crippen LogP contribution is 2.25. The molecule has 4 nitrogen and oxygen atoms in total. The van der Waals surface area contributed by atoms with E-state index in [1.165, 1.54) is 0 Å².